The molecule has 1 saturated heterocycles. The van der Waals surface area contributed by atoms with E-state index in [9.17, 15) is 15.3 Å². The van der Waals surface area contributed by atoms with Gasteiger partial charge in [0.15, 0.2) is 0 Å². The first-order chi connectivity index (χ1) is 11.7. The third-order valence-corrected chi connectivity index (χ3v) is 4.49. The van der Waals surface area contributed by atoms with Crippen LogP contribution in [0.3, 0.4) is 0 Å². The molecule has 142 valence electrons. The fraction of sp³-hybridized carbons (Fsp3) is 0.895. The Hall–Kier alpha value is -0.460. The maximum absolute atomic E-state index is 9.78. The first-order valence-electron chi connectivity index (χ1n) is 9.55. The van der Waals surface area contributed by atoms with Crippen LogP contribution in [0.4, 0.5) is 0 Å². The minimum absolute atomic E-state index is 0.0972. The summed E-state index contributed by atoms with van der Waals surface area (Å²) in [6, 6.07) is 0. The highest BCUT2D eigenvalue weighted by molar-refractivity contribution is 4.88. The van der Waals surface area contributed by atoms with Crippen LogP contribution in [0.15, 0.2) is 12.2 Å². The number of rotatable bonds is 14. The monoisotopic (exact) mass is 344 g/mol. The molecule has 1 heterocycles. The lowest BCUT2D eigenvalue weighted by atomic mass is 10.1. The molecular weight excluding hydrogens is 308 g/mol. The Kier molecular flexibility index (Phi) is 12.4. The van der Waals surface area contributed by atoms with Crippen molar-refractivity contribution >= 4 is 0 Å². The highest BCUT2D eigenvalue weighted by Gasteiger charge is 2.40. The van der Waals surface area contributed by atoms with Crippen LogP contribution in [0.2, 0.25) is 0 Å². The SMILES string of the molecule is CC/C=C/CCCCCCCCCO[C@H](CO)[C@@H]1OC[C@H](O)[C@@H]1O. The fourth-order valence-corrected chi connectivity index (χ4v) is 2.97. The van der Waals surface area contributed by atoms with Crippen molar-refractivity contribution in [3.8, 4) is 0 Å². The molecule has 0 amide bonds. The lowest BCUT2D eigenvalue weighted by Gasteiger charge is -2.24. The number of hydrogen-bond donors (Lipinski definition) is 3. The predicted octanol–water partition coefficient (Wildman–Crippen LogP) is 2.57. The van der Waals surface area contributed by atoms with Crippen molar-refractivity contribution in [1.82, 2.24) is 0 Å². The zero-order chi connectivity index (χ0) is 17.6. The Bertz CT molecular complexity index is 321. The molecule has 24 heavy (non-hydrogen) atoms. The summed E-state index contributed by atoms with van der Waals surface area (Å²) in [4.78, 5) is 0. The summed E-state index contributed by atoms with van der Waals surface area (Å²) in [5.41, 5.74) is 0. The van der Waals surface area contributed by atoms with Crippen LogP contribution < -0.4 is 0 Å². The van der Waals surface area contributed by atoms with Gasteiger partial charge in [-0.1, -0.05) is 51.2 Å². The van der Waals surface area contributed by atoms with Crippen molar-refractivity contribution in [3.05, 3.63) is 12.2 Å². The molecule has 1 fully saturated rings. The van der Waals surface area contributed by atoms with Gasteiger partial charge < -0.3 is 24.8 Å². The highest BCUT2D eigenvalue weighted by Crippen LogP contribution is 2.20. The minimum atomic E-state index is -0.977. The summed E-state index contributed by atoms with van der Waals surface area (Å²) in [6.07, 6.45) is 12.2. The Labute approximate surface area is 146 Å². The van der Waals surface area contributed by atoms with Gasteiger partial charge in [-0.3, -0.25) is 0 Å². The molecule has 0 radical (unpaired) electrons. The number of aliphatic hydroxyl groups is 3. The van der Waals surface area contributed by atoms with E-state index in [0.29, 0.717) is 6.61 Å². The zero-order valence-corrected chi connectivity index (χ0v) is 15.1. The Morgan fingerprint density at radius 2 is 1.71 bits per heavy atom. The maximum Gasteiger partial charge on any atom is 0.114 e. The second kappa shape index (κ2) is 13.8. The largest absolute Gasteiger partial charge is 0.394 e. The number of aliphatic hydroxyl groups excluding tert-OH is 3. The van der Waals surface area contributed by atoms with Gasteiger partial charge in [0, 0.05) is 6.61 Å². The Morgan fingerprint density at radius 3 is 2.29 bits per heavy atom. The number of hydrogen-bond acceptors (Lipinski definition) is 5. The molecule has 0 aromatic rings. The topological polar surface area (TPSA) is 79.2 Å². The quantitative estimate of drug-likeness (QED) is 0.333. The highest BCUT2D eigenvalue weighted by atomic mass is 16.6. The maximum atomic E-state index is 9.78. The summed E-state index contributed by atoms with van der Waals surface area (Å²) in [6.45, 7) is 2.60. The number of unbranched alkanes of at least 4 members (excludes halogenated alkanes) is 7. The summed E-state index contributed by atoms with van der Waals surface area (Å²) in [7, 11) is 0. The number of ether oxygens (including phenoxy) is 2. The molecule has 0 spiro atoms. The lowest BCUT2D eigenvalue weighted by Crippen LogP contribution is -2.42. The third kappa shape index (κ3) is 8.58. The van der Waals surface area contributed by atoms with Gasteiger partial charge in [-0.15, -0.1) is 0 Å². The van der Waals surface area contributed by atoms with Crippen LogP contribution in [0.25, 0.3) is 0 Å². The lowest BCUT2D eigenvalue weighted by molar-refractivity contribution is -0.101. The standard InChI is InChI=1S/C19H36O5/c1-2-3-4-5-6-7-8-9-10-11-12-13-23-17(14-20)19-18(22)16(21)15-24-19/h3-4,16-22H,2,5-15H2,1H3/b4-3+/t16-,17+,18-,19-/m0/s1. The van der Waals surface area contributed by atoms with E-state index in [1.54, 1.807) is 0 Å². The van der Waals surface area contributed by atoms with E-state index < -0.39 is 24.4 Å². The molecular formula is C19H36O5. The van der Waals surface area contributed by atoms with Crippen LogP contribution >= 0.6 is 0 Å². The van der Waals surface area contributed by atoms with E-state index in [1.807, 2.05) is 0 Å². The second-order valence-corrected chi connectivity index (χ2v) is 6.59. The summed E-state index contributed by atoms with van der Waals surface area (Å²) < 4.78 is 10.9. The van der Waals surface area contributed by atoms with E-state index in [1.165, 1.54) is 38.5 Å². The van der Waals surface area contributed by atoms with Crippen LogP contribution in [0.1, 0.15) is 64.7 Å². The molecule has 0 aromatic carbocycles. The second-order valence-electron chi connectivity index (χ2n) is 6.59. The molecule has 1 aliphatic rings. The molecule has 1 aliphatic heterocycles. The Morgan fingerprint density at radius 1 is 1.04 bits per heavy atom. The van der Waals surface area contributed by atoms with Crippen LogP contribution in [0.5, 0.6) is 0 Å². The van der Waals surface area contributed by atoms with Crippen molar-refractivity contribution in [2.24, 2.45) is 0 Å². The Balaban J connectivity index is 1.94. The summed E-state index contributed by atoms with van der Waals surface area (Å²) >= 11 is 0. The van der Waals surface area contributed by atoms with E-state index in [2.05, 4.69) is 19.1 Å². The van der Waals surface area contributed by atoms with Gasteiger partial charge in [-0.2, -0.15) is 0 Å². The first-order valence-corrected chi connectivity index (χ1v) is 9.55. The molecule has 0 unspecified atom stereocenters. The number of allylic oxidation sites excluding steroid dienone is 2. The van der Waals surface area contributed by atoms with Crippen molar-refractivity contribution in [3.63, 3.8) is 0 Å². The van der Waals surface area contributed by atoms with Gasteiger partial charge in [0.25, 0.3) is 0 Å². The van der Waals surface area contributed by atoms with Gasteiger partial charge in [-0.25, -0.2) is 0 Å². The normalized spacial score (nSPS) is 25.6. The molecule has 0 aliphatic carbocycles. The van der Waals surface area contributed by atoms with Gasteiger partial charge in [0.1, 0.15) is 24.4 Å². The van der Waals surface area contributed by atoms with E-state index in [-0.39, 0.29) is 13.2 Å². The molecule has 0 bridgehead atoms. The van der Waals surface area contributed by atoms with E-state index in [0.717, 1.165) is 19.3 Å². The fourth-order valence-electron chi connectivity index (χ4n) is 2.97. The van der Waals surface area contributed by atoms with Crippen molar-refractivity contribution in [2.75, 3.05) is 19.8 Å². The smallest absolute Gasteiger partial charge is 0.114 e. The zero-order valence-electron chi connectivity index (χ0n) is 15.1. The molecule has 4 atom stereocenters. The molecule has 0 aromatic heterocycles. The third-order valence-electron chi connectivity index (χ3n) is 4.49. The van der Waals surface area contributed by atoms with Crippen molar-refractivity contribution < 1.29 is 24.8 Å². The van der Waals surface area contributed by atoms with Crippen molar-refractivity contribution in [2.45, 2.75) is 89.1 Å². The van der Waals surface area contributed by atoms with Crippen LogP contribution in [0, 0.1) is 0 Å². The molecule has 0 saturated carbocycles. The van der Waals surface area contributed by atoms with Gasteiger partial charge >= 0.3 is 0 Å². The van der Waals surface area contributed by atoms with Gasteiger partial charge in [0.05, 0.1) is 13.2 Å². The van der Waals surface area contributed by atoms with Gasteiger partial charge in [0.2, 0.25) is 0 Å². The van der Waals surface area contributed by atoms with Crippen molar-refractivity contribution in [1.29, 1.82) is 0 Å². The summed E-state index contributed by atoms with van der Waals surface area (Å²) in [5.74, 6) is 0. The molecule has 1 rings (SSSR count). The molecule has 5 heteroatoms. The first kappa shape index (κ1) is 21.6. The van der Waals surface area contributed by atoms with E-state index in [4.69, 9.17) is 9.47 Å². The van der Waals surface area contributed by atoms with Gasteiger partial charge in [-0.05, 0) is 25.7 Å². The predicted molar refractivity (Wildman–Crippen MR) is 94.9 cm³/mol. The minimum Gasteiger partial charge on any atom is -0.394 e. The van der Waals surface area contributed by atoms with Crippen LogP contribution in [-0.2, 0) is 9.47 Å². The average molecular weight is 344 g/mol. The van der Waals surface area contributed by atoms with Crippen LogP contribution in [-0.4, -0.2) is 59.6 Å². The summed E-state index contributed by atoms with van der Waals surface area (Å²) in [5, 5.41) is 28.6. The van der Waals surface area contributed by atoms with E-state index >= 15 is 0 Å². The molecule has 5 nitrogen and oxygen atoms in total. The molecule has 3 N–H and O–H groups in total. The average Bonchev–Trinajstić information content (AvgIpc) is 2.92.